The molecule has 0 radical (unpaired) electrons. The van der Waals surface area contributed by atoms with Crippen molar-refractivity contribution >= 4 is 29.9 Å². The molecule has 0 spiro atoms. The molecule has 0 aromatic carbocycles. The van der Waals surface area contributed by atoms with Gasteiger partial charge in [0.15, 0.2) is 5.65 Å². The number of ether oxygens (including phenoxy) is 1. The minimum Gasteiger partial charge on any atom is -0.379 e. The van der Waals surface area contributed by atoms with Crippen LogP contribution in [-0.4, -0.2) is 58.9 Å². The Morgan fingerprint density at radius 1 is 1.28 bits per heavy atom. The van der Waals surface area contributed by atoms with Crippen LogP contribution >= 0.6 is 12.4 Å². The van der Waals surface area contributed by atoms with E-state index in [-0.39, 0.29) is 12.4 Å². The molecule has 3 heterocycles. The van der Waals surface area contributed by atoms with Crippen molar-refractivity contribution in [1.29, 1.82) is 0 Å². The maximum absolute atomic E-state index is 5.37. The molecule has 6 nitrogen and oxygen atoms in total. The number of imidazole rings is 1. The van der Waals surface area contributed by atoms with Crippen molar-refractivity contribution < 1.29 is 4.74 Å². The van der Waals surface area contributed by atoms with Gasteiger partial charge in [0.25, 0.3) is 0 Å². The number of hydrogen-bond donors (Lipinski definition) is 1. The minimum absolute atomic E-state index is 0. The third-order valence-electron chi connectivity index (χ3n) is 4.19. The Kier molecular flexibility index (Phi) is 8.18. The number of fused-ring (bicyclic) bond motifs is 1. The van der Waals surface area contributed by atoms with Crippen molar-refractivity contribution in [3.05, 3.63) is 30.1 Å². The Balaban J connectivity index is 0.00000225. The zero-order valence-corrected chi connectivity index (χ0v) is 15.7. The molecule has 1 N–H and O–H groups in total. The second-order valence-electron chi connectivity index (χ2n) is 6.10. The van der Waals surface area contributed by atoms with Gasteiger partial charge < -0.3 is 10.1 Å². The normalized spacial score (nSPS) is 15.6. The van der Waals surface area contributed by atoms with E-state index in [1.165, 1.54) is 0 Å². The number of rotatable bonds is 8. The fourth-order valence-electron chi connectivity index (χ4n) is 2.81. The van der Waals surface area contributed by atoms with E-state index in [1.54, 1.807) is 0 Å². The van der Waals surface area contributed by atoms with Gasteiger partial charge in [0.2, 0.25) is 0 Å². The first-order valence-electron chi connectivity index (χ1n) is 8.92. The molecule has 0 unspecified atom stereocenters. The molecule has 0 bridgehead atoms. The highest BCUT2D eigenvalue weighted by Crippen LogP contribution is 2.11. The van der Waals surface area contributed by atoms with Gasteiger partial charge in [0.1, 0.15) is 5.82 Å². The van der Waals surface area contributed by atoms with E-state index in [4.69, 9.17) is 4.74 Å². The summed E-state index contributed by atoms with van der Waals surface area (Å²) in [4.78, 5) is 6.85. The largest absolute Gasteiger partial charge is 0.379 e. The van der Waals surface area contributed by atoms with E-state index in [2.05, 4.69) is 39.4 Å². The quantitative estimate of drug-likeness (QED) is 0.728. The molecule has 0 saturated carbocycles. The molecule has 1 fully saturated rings. The molecule has 7 heteroatoms. The lowest BCUT2D eigenvalue weighted by atomic mass is 10.3. The van der Waals surface area contributed by atoms with E-state index in [1.807, 2.05) is 22.8 Å². The molecule has 2 aromatic rings. The van der Waals surface area contributed by atoms with Crippen molar-refractivity contribution in [2.24, 2.45) is 0 Å². The van der Waals surface area contributed by atoms with Crippen LogP contribution in [0.25, 0.3) is 11.7 Å². The second kappa shape index (κ2) is 10.4. The summed E-state index contributed by atoms with van der Waals surface area (Å²) >= 11 is 0. The summed E-state index contributed by atoms with van der Waals surface area (Å²) in [6.07, 6.45) is 9.47. The Morgan fingerprint density at radius 3 is 2.92 bits per heavy atom. The first-order chi connectivity index (χ1) is 11.9. The summed E-state index contributed by atoms with van der Waals surface area (Å²) < 4.78 is 7.27. The van der Waals surface area contributed by atoms with E-state index in [0.29, 0.717) is 0 Å². The summed E-state index contributed by atoms with van der Waals surface area (Å²) in [5.74, 6) is 0.896. The van der Waals surface area contributed by atoms with Crippen molar-refractivity contribution in [3.63, 3.8) is 0 Å². The van der Waals surface area contributed by atoms with Crippen molar-refractivity contribution in [1.82, 2.24) is 19.5 Å². The predicted molar refractivity (Wildman–Crippen MR) is 105 cm³/mol. The lowest BCUT2D eigenvalue weighted by Crippen LogP contribution is -2.37. The first-order valence-corrected chi connectivity index (χ1v) is 8.92. The molecule has 2 aromatic heterocycles. The number of nitrogens with one attached hydrogen (secondary N) is 1. The van der Waals surface area contributed by atoms with Gasteiger partial charge in [-0.1, -0.05) is 19.4 Å². The Morgan fingerprint density at radius 2 is 2.12 bits per heavy atom. The van der Waals surface area contributed by atoms with Crippen LogP contribution in [0.1, 0.15) is 31.9 Å². The standard InChI is InChI=1S/C18H27N5O.ClH/c1-2-3-4-6-16-15-20-18-8-7-17(21-23(16)18)19-9-5-10-22-11-13-24-14-12-22;/h4,6-8,15H,2-3,5,9-14H2,1H3,(H,19,21);1H. The third-order valence-corrected chi connectivity index (χ3v) is 4.19. The van der Waals surface area contributed by atoms with Crippen LogP contribution in [0, 0.1) is 0 Å². The number of morpholine rings is 1. The number of hydrogen-bond acceptors (Lipinski definition) is 5. The van der Waals surface area contributed by atoms with Crippen molar-refractivity contribution in [2.75, 3.05) is 44.7 Å². The Bertz CT molecular complexity index is 667. The van der Waals surface area contributed by atoms with E-state index < -0.39 is 0 Å². The Hall–Kier alpha value is -1.63. The summed E-state index contributed by atoms with van der Waals surface area (Å²) in [6, 6.07) is 4.01. The van der Waals surface area contributed by atoms with Crippen LogP contribution in [0.4, 0.5) is 5.82 Å². The van der Waals surface area contributed by atoms with Crippen LogP contribution in [0.3, 0.4) is 0 Å². The monoisotopic (exact) mass is 365 g/mol. The number of allylic oxidation sites excluding steroid dienone is 1. The molecule has 1 aliphatic heterocycles. The zero-order valence-electron chi connectivity index (χ0n) is 14.9. The van der Waals surface area contributed by atoms with Gasteiger partial charge in [0.05, 0.1) is 25.1 Å². The topological polar surface area (TPSA) is 54.7 Å². The molecule has 0 amide bonds. The average molecular weight is 366 g/mol. The van der Waals surface area contributed by atoms with Gasteiger partial charge in [-0.25, -0.2) is 9.50 Å². The van der Waals surface area contributed by atoms with Crippen LogP contribution in [0.2, 0.25) is 0 Å². The Labute approximate surface area is 155 Å². The number of aromatic nitrogens is 3. The highest BCUT2D eigenvalue weighted by molar-refractivity contribution is 5.85. The number of halogens is 1. The molecule has 3 rings (SSSR count). The highest BCUT2D eigenvalue weighted by atomic mass is 35.5. The fourth-order valence-corrected chi connectivity index (χ4v) is 2.81. The van der Waals surface area contributed by atoms with Crippen LogP contribution in [-0.2, 0) is 4.74 Å². The maximum atomic E-state index is 5.37. The lowest BCUT2D eigenvalue weighted by molar-refractivity contribution is 0.0378. The van der Waals surface area contributed by atoms with Gasteiger partial charge in [0, 0.05) is 19.6 Å². The van der Waals surface area contributed by atoms with Crippen LogP contribution in [0.15, 0.2) is 24.4 Å². The molecule has 1 saturated heterocycles. The van der Waals surface area contributed by atoms with Crippen LogP contribution < -0.4 is 5.32 Å². The van der Waals surface area contributed by atoms with Gasteiger partial charge in [-0.05, 0) is 37.6 Å². The van der Waals surface area contributed by atoms with Crippen molar-refractivity contribution in [3.8, 4) is 0 Å². The molecule has 1 aliphatic rings. The average Bonchev–Trinajstić information content (AvgIpc) is 3.02. The fraction of sp³-hybridized carbons (Fsp3) is 0.556. The van der Waals surface area contributed by atoms with Gasteiger partial charge >= 0.3 is 0 Å². The zero-order chi connectivity index (χ0) is 16.6. The minimum atomic E-state index is 0. The van der Waals surface area contributed by atoms with E-state index in [0.717, 1.165) is 75.8 Å². The molecule has 138 valence electrons. The van der Waals surface area contributed by atoms with Crippen molar-refractivity contribution in [2.45, 2.75) is 26.2 Å². The number of nitrogens with zero attached hydrogens (tertiary/aromatic N) is 4. The summed E-state index contributed by atoms with van der Waals surface area (Å²) in [6.45, 7) is 8.02. The highest BCUT2D eigenvalue weighted by Gasteiger charge is 2.09. The van der Waals surface area contributed by atoms with Crippen LogP contribution in [0.5, 0.6) is 0 Å². The smallest absolute Gasteiger partial charge is 0.154 e. The van der Waals surface area contributed by atoms with Gasteiger partial charge in [-0.3, -0.25) is 4.90 Å². The van der Waals surface area contributed by atoms with Gasteiger partial charge in [-0.2, -0.15) is 0 Å². The molecule has 25 heavy (non-hydrogen) atoms. The second-order valence-corrected chi connectivity index (χ2v) is 6.10. The molecule has 0 atom stereocenters. The summed E-state index contributed by atoms with van der Waals surface area (Å²) in [5, 5.41) is 8.08. The predicted octanol–water partition coefficient (Wildman–Crippen LogP) is 3.10. The maximum Gasteiger partial charge on any atom is 0.154 e. The van der Waals surface area contributed by atoms with E-state index in [9.17, 15) is 0 Å². The number of anilines is 1. The summed E-state index contributed by atoms with van der Waals surface area (Å²) in [7, 11) is 0. The SMILES string of the molecule is CCCC=Cc1cnc2ccc(NCCCN3CCOCC3)nn12.Cl. The third kappa shape index (κ3) is 5.70. The first kappa shape index (κ1) is 19.7. The summed E-state index contributed by atoms with van der Waals surface area (Å²) in [5.41, 5.74) is 1.90. The molecular weight excluding hydrogens is 338 g/mol. The lowest BCUT2D eigenvalue weighted by Gasteiger charge is -2.26. The molecule has 0 aliphatic carbocycles. The van der Waals surface area contributed by atoms with E-state index >= 15 is 0 Å². The number of unbranched alkanes of at least 4 members (excludes halogenated alkanes) is 1. The molecular formula is C18H28ClN5O. The van der Waals surface area contributed by atoms with Gasteiger partial charge in [-0.15, -0.1) is 17.5 Å².